The Hall–Kier alpha value is -2.15. The summed E-state index contributed by atoms with van der Waals surface area (Å²) in [6, 6.07) is 4.53. The van der Waals surface area contributed by atoms with Crippen molar-refractivity contribution in [2.75, 3.05) is 13.7 Å². The zero-order valence-corrected chi connectivity index (χ0v) is 14.7. The van der Waals surface area contributed by atoms with Crippen LogP contribution in [0.15, 0.2) is 24.3 Å². The second kappa shape index (κ2) is 8.63. The van der Waals surface area contributed by atoms with Gasteiger partial charge in [-0.15, -0.1) is 0 Å². The van der Waals surface area contributed by atoms with Crippen molar-refractivity contribution in [3.63, 3.8) is 0 Å². The number of hydrogen-bond donors (Lipinski definition) is 2. The number of carbonyl (C=O) groups excluding carboxylic acids is 2. The molecule has 0 radical (unpaired) electrons. The lowest BCUT2D eigenvalue weighted by Crippen LogP contribution is -2.44. The molecular weight excluding hydrogens is 315 g/mol. The van der Waals surface area contributed by atoms with E-state index in [4.69, 9.17) is 9.47 Å². The van der Waals surface area contributed by atoms with Crippen LogP contribution in [0.2, 0.25) is 0 Å². The third-order valence-corrected chi connectivity index (χ3v) is 3.03. The molecule has 0 aromatic heterocycles. The number of carbonyl (C=O) groups is 2. The molecule has 0 bridgehead atoms. The summed E-state index contributed by atoms with van der Waals surface area (Å²) < 4.78 is 23.0. The van der Waals surface area contributed by atoms with Crippen molar-refractivity contribution in [3.05, 3.63) is 35.6 Å². The van der Waals surface area contributed by atoms with Gasteiger partial charge in [0.15, 0.2) is 0 Å². The van der Waals surface area contributed by atoms with Crippen LogP contribution in [-0.2, 0) is 14.3 Å². The molecule has 0 fully saturated rings. The summed E-state index contributed by atoms with van der Waals surface area (Å²) in [4.78, 5) is 23.6. The van der Waals surface area contributed by atoms with Gasteiger partial charge in [-0.2, -0.15) is 0 Å². The first-order chi connectivity index (χ1) is 11.1. The van der Waals surface area contributed by atoms with E-state index in [9.17, 15) is 14.0 Å². The van der Waals surface area contributed by atoms with Crippen LogP contribution in [-0.4, -0.2) is 37.4 Å². The highest BCUT2D eigenvalue weighted by Crippen LogP contribution is 2.15. The third-order valence-electron chi connectivity index (χ3n) is 3.03. The van der Waals surface area contributed by atoms with Crippen molar-refractivity contribution in [2.24, 2.45) is 0 Å². The van der Waals surface area contributed by atoms with Crippen LogP contribution in [0, 0.1) is 5.82 Å². The number of benzene rings is 1. The Balaban J connectivity index is 2.63. The van der Waals surface area contributed by atoms with Gasteiger partial charge in [-0.1, -0.05) is 12.1 Å². The molecule has 1 rings (SSSR count). The maximum Gasteiger partial charge on any atom is 0.407 e. The van der Waals surface area contributed by atoms with Crippen molar-refractivity contribution in [1.82, 2.24) is 10.6 Å². The fourth-order valence-electron chi connectivity index (χ4n) is 1.96. The molecule has 0 spiro atoms. The van der Waals surface area contributed by atoms with Gasteiger partial charge in [-0.3, -0.25) is 5.32 Å². The van der Waals surface area contributed by atoms with E-state index in [0.717, 1.165) is 0 Å². The van der Waals surface area contributed by atoms with Gasteiger partial charge >= 0.3 is 12.1 Å². The average Bonchev–Trinajstić information content (AvgIpc) is 2.46. The van der Waals surface area contributed by atoms with Crippen molar-refractivity contribution >= 4 is 12.1 Å². The highest BCUT2D eigenvalue weighted by atomic mass is 19.1. The lowest BCUT2D eigenvalue weighted by Gasteiger charge is -2.23. The van der Waals surface area contributed by atoms with Gasteiger partial charge in [-0.25, -0.2) is 14.0 Å². The van der Waals surface area contributed by atoms with Gasteiger partial charge in [0.05, 0.1) is 7.11 Å². The average molecular weight is 340 g/mol. The van der Waals surface area contributed by atoms with Crippen LogP contribution in [0.4, 0.5) is 9.18 Å². The summed E-state index contributed by atoms with van der Waals surface area (Å²) in [6.45, 7) is 7.40. The monoisotopic (exact) mass is 340 g/mol. The number of alkyl carbamates (subject to hydrolysis) is 1. The smallest absolute Gasteiger partial charge is 0.407 e. The fourth-order valence-corrected chi connectivity index (χ4v) is 1.96. The molecule has 24 heavy (non-hydrogen) atoms. The number of rotatable bonds is 6. The maximum absolute atomic E-state index is 13.0. The number of methoxy groups -OCH3 is 1. The minimum Gasteiger partial charge on any atom is -0.468 e. The van der Waals surface area contributed by atoms with Gasteiger partial charge in [0.1, 0.15) is 17.5 Å². The molecule has 0 aliphatic rings. The van der Waals surface area contributed by atoms with Gasteiger partial charge in [0, 0.05) is 12.6 Å². The molecule has 1 amide bonds. The van der Waals surface area contributed by atoms with Crippen molar-refractivity contribution in [2.45, 2.75) is 45.4 Å². The number of esters is 1. The van der Waals surface area contributed by atoms with E-state index >= 15 is 0 Å². The Bertz CT molecular complexity index is 555. The molecule has 0 saturated heterocycles. The zero-order valence-electron chi connectivity index (χ0n) is 14.7. The summed E-state index contributed by atoms with van der Waals surface area (Å²) in [5.74, 6) is -0.881. The predicted molar refractivity (Wildman–Crippen MR) is 88.0 cm³/mol. The van der Waals surface area contributed by atoms with E-state index in [2.05, 4.69) is 10.6 Å². The number of halogens is 1. The molecular formula is C17H25FN2O4. The Labute approximate surface area is 141 Å². The second-order valence-corrected chi connectivity index (χ2v) is 6.46. The quantitative estimate of drug-likeness (QED) is 0.778. The maximum atomic E-state index is 13.0. The molecule has 1 aromatic rings. The Morgan fingerprint density at radius 3 is 2.29 bits per heavy atom. The second-order valence-electron chi connectivity index (χ2n) is 6.46. The van der Waals surface area contributed by atoms with Crippen LogP contribution >= 0.6 is 0 Å². The number of amides is 1. The van der Waals surface area contributed by atoms with E-state index in [0.29, 0.717) is 12.1 Å². The standard InChI is InChI=1S/C17H25FN2O4/c1-11(20-16(22)24-17(2,3)4)10-19-14(15(21)23-5)12-6-8-13(18)9-7-12/h6-9,11,14,19H,10H2,1-5H3,(H,20,22)/t11-,14?/m1/s1. The van der Waals surface area contributed by atoms with E-state index in [1.807, 2.05) is 0 Å². The van der Waals surface area contributed by atoms with E-state index in [1.165, 1.54) is 31.4 Å². The van der Waals surface area contributed by atoms with Gasteiger partial charge in [0.25, 0.3) is 0 Å². The molecule has 2 N–H and O–H groups in total. The van der Waals surface area contributed by atoms with E-state index in [1.54, 1.807) is 27.7 Å². The fraction of sp³-hybridized carbons (Fsp3) is 0.529. The summed E-state index contributed by atoms with van der Waals surface area (Å²) in [5, 5.41) is 5.68. The molecule has 0 heterocycles. The Morgan fingerprint density at radius 2 is 1.79 bits per heavy atom. The van der Waals surface area contributed by atoms with Crippen molar-refractivity contribution < 1.29 is 23.5 Å². The first-order valence-corrected chi connectivity index (χ1v) is 7.68. The SMILES string of the molecule is COC(=O)C(NC[C@@H](C)NC(=O)OC(C)(C)C)c1ccc(F)cc1. The molecule has 0 aliphatic carbocycles. The molecule has 6 nitrogen and oxygen atoms in total. The van der Waals surface area contributed by atoms with Crippen LogP contribution < -0.4 is 10.6 Å². The lowest BCUT2D eigenvalue weighted by molar-refractivity contribution is -0.143. The zero-order chi connectivity index (χ0) is 18.3. The van der Waals surface area contributed by atoms with Crippen LogP contribution in [0.3, 0.4) is 0 Å². The summed E-state index contributed by atoms with van der Waals surface area (Å²) in [5.41, 5.74) is -0.00685. The molecule has 0 saturated carbocycles. The summed E-state index contributed by atoms with van der Waals surface area (Å²) in [6.07, 6.45) is -0.534. The van der Waals surface area contributed by atoms with Crippen LogP contribution in [0.5, 0.6) is 0 Å². The summed E-state index contributed by atoms with van der Waals surface area (Å²) in [7, 11) is 1.28. The third kappa shape index (κ3) is 6.95. The van der Waals surface area contributed by atoms with Crippen LogP contribution in [0.1, 0.15) is 39.3 Å². The summed E-state index contributed by atoms with van der Waals surface area (Å²) >= 11 is 0. The molecule has 134 valence electrons. The van der Waals surface area contributed by atoms with Crippen molar-refractivity contribution in [1.29, 1.82) is 0 Å². The van der Waals surface area contributed by atoms with Gasteiger partial charge in [-0.05, 0) is 45.4 Å². The van der Waals surface area contributed by atoms with Crippen molar-refractivity contribution in [3.8, 4) is 0 Å². The molecule has 1 aromatic carbocycles. The molecule has 7 heteroatoms. The normalized spacial score (nSPS) is 13.8. The molecule has 1 unspecified atom stereocenters. The van der Waals surface area contributed by atoms with Gasteiger partial charge < -0.3 is 14.8 Å². The highest BCUT2D eigenvalue weighted by Gasteiger charge is 2.23. The predicted octanol–water partition coefficient (Wildman–Crippen LogP) is 2.54. The minimum atomic E-state index is -0.751. The molecule has 2 atom stereocenters. The lowest BCUT2D eigenvalue weighted by atomic mass is 10.1. The Morgan fingerprint density at radius 1 is 1.21 bits per heavy atom. The van der Waals surface area contributed by atoms with E-state index in [-0.39, 0.29) is 11.9 Å². The minimum absolute atomic E-state index is 0.285. The first kappa shape index (κ1) is 19.9. The Kier molecular flexibility index (Phi) is 7.16. The number of ether oxygens (including phenoxy) is 2. The number of hydrogen-bond acceptors (Lipinski definition) is 5. The number of nitrogens with one attached hydrogen (secondary N) is 2. The molecule has 0 aliphatic heterocycles. The topological polar surface area (TPSA) is 76.7 Å². The van der Waals surface area contributed by atoms with Crippen LogP contribution in [0.25, 0.3) is 0 Å². The largest absolute Gasteiger partial charge is 0.468 e. The van der Waals surface area contributed by atoms with Gasteiger partial charge in [0.2, 0.25) is 0 Å². The highest BCUT2D eigenvalue weighted by molar-refractivity contribution is 5.77. The van der Waals surface area contributed by atoms with E-state index < -0.39 is 23.7 Å². The first-order valence-electron chi connectivity index (χ1n) is 7.68.